The van der Waals surface area contributed by atoms with E-state index in [2.05, 4.69) is 20.0 Å². The van der Waals surface area contributed by atoms with Gasteiger partial charge in [0.1, 0.15) is 4.90 Å². The Morgan fingerprint density at radius 2 is 1.61 bits per heavy atom. The third-order valence-electron chi connectivity index (χ3n) is 4.04. The highest BCUT2D eigenvalue weighted by Crippen LogP contribution is 2.28. The first-order valence-electron chi connectivity index (χ1n) is 8.83. The van der Waals surface area contributed by atoms with Gasteiger partial charge in [0.25, 0.3) is 10.0 Å². The molecule has 1 aromatic carbocycles. The predicted molar refractivity (Wildman–Crippen MR) is 113 cm³/mol. The molecule has 0 atom stereocenters. The molecule has 180 valence electrons. The molecule has 0 aliphatic rings. The topological polar surface area (TPSA) is 206 Å². The van der Waals surface area contributed by atoms with E-state index >= 15 is 0 Å². The van der Waals surface area contributed by atoms with Gasteiger partial charge in [-0.2, -0.15) is 9.97 Å². The van der Waals surface area contributed by atoms with Crippen molar-refractivity contribution in [1.29, 1.82) is 0 Å². The fourth-order valence-corrected chi connectivity index (χ4v) is 5.07. The van der Waals surface area contributed by atoms with Gasteiger partial charge in [-0.25, -0.2) is 31.1 Å². The summed E-state index contributed by atoms with van der Waals surface area (Å²) in [5, 5.41) is 2.09. The first-order valence-corrected chi connectivity index (χ1v) is 12.2. The zero-order valence-electron chi connectivity index (χ0n) is 17.9. The molecule has 0 saturated carbocycles. The van der Waals surface area contributed by atoms with Crippen LogP contribution in [0.5, 0.6) is 11.8 Å². The van der Waals surface area contributed by atoms with Crippen LogP contribution in [0.15, 0.2) is 28.0 Å². The van der Waals surface area contributed by atoms with Crippen molar-refractivity contribution in [2.75, 3.05) is 32.9 Å². The monoisotopic (exact) mass is 503 g/mol. The van der Waals surface area contributed by atoms with Crippen LogP contribution in [0.25, 0.3) is 0 Å². The smallest absolute Gasteiger partial charge is 0.339 e. The van der Waals surface area contributed by atoms with Gasteiger partial charge < -0.3 is 19.9 Å². The van der Waals surface area contributed by atoms with Crippen LogP contribution in [0.1, 0.15) is 15.9 Å². The summed E-state index contributed by atoms with van der Waals surface area (Å²) in [6, 6.07) is 1.96. The van der Waals surface area contributed by atoms with Gasteiger partial charge in [-0.15, -0.1) is 0 Å². The van der Waals surface area contributed by atoms with Crippen molar-refractivity contribution in [3.05, 3.63) is 29.3 Å². The highest BCUT2D eigenvalue weighted by molar-refractivity contribution is 7.91. The van der Waals surface area contributed by atoms with E-state index in [4.69, 9.17) is 15.2 Å². The SMILES string of the molecule is COC(=O)c1ccc(S(C)(=O)=O)c(CN)c1S(=O)(=O)NC(=O)Nc1nc(OC)cc(OC)n1. The molecule has 0 unspecified atom stereocenters. The molecule has 0 spiro atoms. The molecular formula is C17H21N5O9S2. The van der Waals surface area contributed by atoms with Crippen molar-refractivity contribution in [1.82, 2.24) is 14.7 Å². The minimum Gasteiger partial charge on any atom is -0.481 e. The number of nitrogens with one attached hydrogen (secondary N) is 2. The Bertz CT molecular complexity index is 1270. The molecular weight excluding hydrogens is 482 g/mol. The second-order valence-corrected chi connectivity index (χ2v) is 9.83. The number of hydrogen-bond donors (Lipinski definition) is 3. The number of nitrogens with two attached hydrogens (primary N) is 1. The average molecular weight is 504 g/mol. The van der Waals surface area contributed by atoms with Crippen molar-refractivity contribution in [2.45, 2.75) is 16.3 Å². The second kappa shape index (κ2) is 9.97. The summed E-state index contributed by atoms with van der Waals surface area (Å²) in [5.41, 5.74) is 4.69. The number of sulfonamides is 1. The highest BCUT2D eigenvalue weighted by Gasteiger charge is 2.32. The van der Waals surface area contributed by atoms with Crippen LogP contribution in [0, 0.1) is 0 Å². The van der Waals surface area contributed by atoms with Gasteiger partial charge in [0.05, 0.1) is 37.9 Å². The molecule has 16 heteroatoms. The molecule has 0 fully saturated rings. The minimum absolute atomic E-state index is 0.0132. The Balaban J connectivity index is 2.55. The fraction of sp³-hybridized carbons (Fsp3) is 0.294. The maximum absolute atomic E-state index is 13.1. The number of methoxy groups -OCH3 is 3. The maximum atomic E-state index is 13.1. The third kappa shape index (κ3) is 5.85. The second-order valence-electron chi connectivity index (χ2n) is 6.22. The molecule has 2 rings (SSSR count). The van der Waals surface area contributed by atoms with Gasteiger partial charge in [-0.1, -0.05) is 0 Å². The lowest BCUT2D eigenvalue weighted by Gasteiger charge is -2.17. The predicted octanol–water partition coefficient (Wildman–Crippen LogP) is -0.347. The molecule has 0 saturated heterocycles. The lowest BCUT2D eigenvalue weighted by atomic mass is 10.1. The van der Waals surface area contributed by atoms with Crippen LogP contribution < -0.4 is 25.2 Å². The summed E-state index contributed by atoms with van der Waals surface area (Å²) in [4.78, 5) is 31.0. The van der Waals surface area contributed by atoms with Gasteiger partial charge in [0.2, 0.25) is 17.7 Å². The molecule has 2 amide bonds. The Kier molecular flexibility index (Phi) is 7.78. The van der Waals surface area contributed by atoms with Crippen LogP contribution in [-0.2, 0) is 31.1 Å². The first-order chi connectivity index (χ1) is 15.4. The Morgan fingerprint density at radius 3 is 2.06 bits per heavy atom. The number of ether oxygens (including phenoxy) is 3. The summed E-state index contributed by atoms with van der Waals surface area (Å²) in [5.74, 6) is -1.43. The number of sulfone groups is 1. The van der Waals surface area contributed by atoms with Crippen LogP contribution in [-0.4, -0.2) is 66.4 Å². The van der Waals surface area contributed by atoms with Crippen molar-refractivity contribution in [3.63, 3.8) is 0 Å². The maximum Gasteiger partial charge on any atom is 0.339 e. The number of carbonyl (C=O) groups excluding carboxylic acids is 2. The quantitative estimate of drug-likeness (QED) is 0.395. The number of rotatable bonds is 8. The van der Waals surface area contributed by atoms with Crippen molar-refractivity contribution >= 4 is 37.8 Å². The van der Waals surface area contributed by atoms with Crippen LogP contribution in [0.2, 0.25) is 0 Å². The molecule has 4 N–H and O–H groups in total. The zero-order valence-corrected chi connectivity index (χ0v) is 19.5. The number of amides is 2. The average Bonchev–Trinajstić information content (AvgIpc) is 2.75. The molecule has 0 radical (unpaired) electrons. The fourth-order valence-electron chi connectivity index (χ4n) is 2.70. The van der Waals surface area contributed by atoms with E-state index in [9.17, 15) is 26.4 Å². The van der Waals surface area contributed by atoms with Crippen molar-refractivity contribution in [3.8, 4) is 11.8 Å². The number of anilines is 1. The Labute approximate surface area is 189 Å². The van der Waals surface area contributed by atoms with Gasteiger partial charge in [-0.3, -0.25) is 5.32 Å². The number of nitrogens with zero attached hydrogens (tertiary/aromatic N) is 2. The van der Waals surface area contributed by atoms with Gasteiger partial charge in [0.15, 0.2) is 9.84 Å². The van der Waals surface area contributed by atoms with E-state index in [1.165, 1.54) is 20.3 Å². The molecule has 0 bridgehead atoms. The lowest BCUT2D eigenvalue weighted by molar-refractivity contribution is 0.0595. The first kappa shape index (κ1) is 25.8. The Hall–Kier alpha value is -3.50. The molecule has 1 aromatic heterocycles. The number of esters is 1. The number of hydrogen-bond acceptors (Lipinski definition) is 12. The van der Waals surface area contributed by atoms with E-state index in [-0.39, 0.29) is 17.7 Å². The summed E-state index contributed by atoms with van der Waals surface area (Å²) in [7, 11) is -5.19. The molecule has 0 aliphatic heterocycles. The van der Waals surface area contributed by atoms with E-state index in [1.807, 2.05) is 0 Å². The number of benzene rings is 1. The van der Waals surface area contributed by atoms with Gasteiger partial charge >= 0.3 is 12.0 Å². The summed E-state index contributed by atoms with van der Waals surface area (Å²) < 4.78 is 66.5. The summed E-state index contributed by atoms with van der Waals surface area (Å²) in [6.07, 6.45) is 0.837. The minimum atomic E-state index is -4.85. The largest absolute Gasteiger partial charge is 0.481 e. The number of urea groups is 1. The van der Waals surface area contributed by atoms with Gasteiger partial charge in [-0.05, 0) is 12.1 Å². The molecule has 1 heterocycles. The van der Waals surface area contributed by atoms with Crippen LogP contribution >= 0.6 is 0 Å². The van der Waals surface area contributed by atoms with Gasteiger partial charge in [0, 0.05) is 18.4 Å². The van der Waals surface area contributed by atoms with Crippen LogP contribution in [0.4, 0.5) is 10.7 Å². The van der Waals surface area contributed by atoms with Crippen LogP contribution in [0.3, 0.4) is 0 Å². The van der Waals surface area contributed by atoms with Crippen molar-refractivity contribution in [2.24, 2.45) is 5.73 Å². The normalized spacial score (nSPS) is 11.4. The van der Waals surface area contributed by atoms with E-state index in [0.717, 1.165) is 25.5 Å². The molecule has 33 heavy (non-hydrogen) atoms. The standard InChI is InChI=1S/C17H21N5O9S2/c1-29-12-7-13(30-2)20-16(19-12)21-17(24)22-33(27,28)14-9(15(23)31-3)5-6-11(10(14)8-18)32(4,25)26/h5-7H,8,18H2,1-4H3,(H2,19,20,21,22,24). The van der Waals surface area contributed by atoms with E-state index in [0.29, 0.717) is 0 Å². The van der Waals surface area contributed by atoms with E-state index < -0.39 is 59.3 Å². The summed E-state index contributed by atoms with van der Waals surface area (Å²) in [6.45, 7) is -0.582. The molecule has 0 aliphatic carbocycles. The lowest BCUT2D eigenvalue weighted by Crippen LogP contribution is -2.36. The third-order valence-corrected chi connectivity index (χ3v) is 6.68. The molecule has 14 nitrogen and oxygen atoms in total. The summed E-state index contributed by atoms with van der Waals surface area (Å²) >= 11 is 0. The van der Waals surface area contributed by atoms with Crippen molar-refractivity contribution < 1.29 is 40.6 Å². The Morgan fingerprint density at radius 1 is 1.03 bits per heavy atom. The number of aromatic nitrogens is 2. The van der Waals surface area contributed by atoms with E-state index in [1.54, 1.807) is 4.72 Å². The highest BCUT2D eigenvalue weighted by atomic mass is 32.2. The molecule has 2 aromatic rings. The number of carbonyl (C=O) groups is 2. The zero-order chi connectivity index (χ0) is 25.0.